The van der Waals surface area contributed by atoms with Crippen molar-refractivity contribution in [1.29, 1.82) is 5.26 Å². The van der Waals surface area contributed by atoms with Gasteiger partial charge in [0.05, 0.1) is 16.8 Å². The second kappa shape index (κ2) is 11.5. The second-order valence-electron chi connectivity index (χ2n) is 9.88. The van der Waals surface area contributed by atoms with E-state index in [1.54, 1.807) is 18.6 Å². The molecule has 2 saturated heterocycles. The Morgan fingerprint density at radius 3 is 2.61 bits per heavy atom. The summed E-state index contributed by atoms with van der Waals surface area (Å²) in [6, 6.07) is 9.79. The van der Waals surface area contributed by atoms with Crippen LogP contribution in [0.4, 0.5) is 10.1 Å². The van der Waals surface area contributed by atoms with E-state index in [-0.39, 0.29) is 0 Å². The molecule has 2 aliphatic heterocycles. The molecule has 2 aromatic heterocycles. The molecule has 2 aliphatic rings. The Labute approximate surface area is 221 Å². The molecule has 0 unspecified atom stereocenters. The van der Waals surface area contributed by atoms with Crippen LogP contribution in [-0.2, 0) is 7.05 Å². The lowest BCUT2D eigenvalue weighted by molar-refractivity contribution is -0.500. The summed E-state index contributed by atoms with van der Waals surface area (Å²) in [5.74, 6) is 0.739. The Bertz CT molecular complexity index is 1360. The minimum Gasteiger partial charge on any atom is -0.404 e. The van der Waals surface area contributed by atoms with Crippen LogP contribution < -0.4 is 20.9 Å². The number of benzene rings is 1. The zero-order valence-electron chi connectivity index (χ0n) is 21.6. The molecule has 0 amide bonds. The zero-order valence-corrected chi connectivity index (χ0v) is 21.6. The molecule has 4 N–H and O–H groups in total. The van der Waals surface area contributed by atoms with Gasteiger partial charge in [-0.15, -0.1) is 10.2 Å². The van der Waals surface area contributed by atoms with Crippen LogP contribution in [0.1, 0.15) is 48.6 Å². The van der Waals surface area contributed by atoms with E-state index in [4.69, 9.17) is 5.73 Å². The van der Waals surface area contributed by atoms with Crippen molar-refractivity contribution >= 4 is 17.5 Å². The molecule has 4 heterocycles. The van der Waals surface area contributed by atoms with Crippen LogP contribution in [0.5, 0.6) is 0 Å². The van der Waals surface area contributed by atoms with Gasteiger partial charge in [-0.3, -0.25) is 0 Å². The van der Waals surface area contributed by atoms with Crippen LogP contribution >= 0.6 is 0 Å². The number of hydrogen-bond acceptors (Lipinski definition) is 7. The summed E-state index contributed by atoms with van der Waals surface area (Å²) in [5, 5.41) is 22.2. The fraction of sp³-hybridized carbons (Fsp3) is 0.393. The number of piperidine rings is 2. The maximum Gasteiger partial charge on any atom is 0.212 e. The molecule has 9 nitrogen and oxygen atoms in total. The molecule has 3 aromatic rings. The van der Waals surface area contributed by atoms with E-state index in [1.165, 1.54) is 12.3 Å². The molecule has 0 saturated carbocycles. The van der Waals surface area contributed by atoms with Gasteiger partial charge >= 0.3 is 0 Å². The predicted molar refractivity (Wildman–Crippen MR) is 145 cm³/mol. The molecule has 0 atom stereocenters. The average molecular weight is 515 g/mol. The van der Waals surface area contributed by atoms with Gasteiger partial charge in [-0.1, -0.05) is 12.1 Å². The predicted octanol–water partition coefficient (Wildman–Crippen LogP) is 1.47. The highest BCUT2D eigenvalue weighted by molar-refractivity contribution is 6.09. The topological polar surface area (TPSA) is 123 Å². The van der Waals surface area contributed by atoms with Crippen molar-refractivity contribution < 1.29 is 9.38 Å². The van der Waals surface area contributed by atoms with E-state index in [9.17, 15) is 9.65 Å². The Morgan fingerprint density at radius 1 is 1.18 bits per heavy atom. The van der Waals surface area contributed by atoms with Crippen LogP contribution in [0.3, 0.4) is 0 Å². The van der Waals surface area contributed by atoms with Crippen molar-refractivity contribution in [2.24, 2.45) is 12.8 Å². The highest BCUT2D eigenvalue weighted by Crippen LogP contribution is 2.40. The van der Waals surface area contributed by atoms with Crippen LogP contribution in [0.25, 0.3) is 16.7 Å². The summed E-state index contributed by atoms with van der Waals surface area (Å²) >= 11 is 0. The second-order valence-corrected chi connectivity index (χ2v) is 9.88. The number of aromatic nitrogens is 4. The molecule has 1 aromatic carbocycles. The highest BCUT2D eigenvalue weighted by atomic mass is 19.1. The summed E-state index contributed by atoms with van der Waals surface area (Å²) < 4.78 is 15.6. The lowest BCUT2D eigenvalue weighted by Crippen LogP contribution is -2.78. The van der Waals surface area contributed by atoms with E-state index in [1.807, 2.05) is 30.0 Å². The number of anilines is 1. The van der Waals surface area contributed by atoms with Gasteiger partial charge in [0.2, 0.25) is 5.95 Å². The quantitative estimate of drug-likeness (QED) is 0.336. The fourth-order valence-electron chi connectivity index (χ4n) is 5.48. The number of nitriles is 1. The number of halogens is 1. The third-order valence-corrected chi connectivity index (χ3v) is 7.56. The van der Waals surface area contributed by atoms with Crippen molar-refractivity contribution in [2.45, 2.75) is 37.6 Å². The van der Waals surface area contributed by atoms with Crippen LogP contribution in [0.15, 0.2) is 43.0 Å². The Hall–Kier alpha value is -4.10. The van der Waals surface area contributed by atoms with Gasteiger partial charge in [-0.2, -0.15) is 9.65 Å². The van der Waals surface area contributed by atoms with Crippen molar-refractivity contribution in [3.05, 3.63) is 65.9 Å². The Balaban J connectivity index is 1.52. The minimum atomic E-state index is -0.538. The summed E-state index contributed by atoms with van der Waals surface area (Å²) in [6.45, 7) is 3.45. The van der Waals surface area contributed by atoms with Gasteiger partial charge < -0.3 is 20.5 Å². The number of aryl methyl sites for hydroxylation is 1. The number of hydrogen-bond donors (Lipinski definition) is 3. The molecule has 2 fully saturated rings. The summed E-state index contributed by atoms with van der Waals surface area (Å²) in [4.78, 5) is 9.62. The summed E-state index contributed by atoms with van der Waals surface area (Å²) in [6.07, 6.45) is 10.5. The van der Waals surface area contributed by atoms with Crippen molar-refractivity contribution in [2.75, 3.05) is 31.1 Å². The molecule has 0 radical (unpaired) electrons. The number of nitrogens with one attached hydrogen (secondary N) is 2. The highest BCUT2D eigenvalue weighted by Gasteiger charge is 2.28. The van der Waals surface area contributed by atoms with Gasteiger partial charge in [0.1, 0.15) is 18.2 Å². The van der Waals surface area contributed by atoms with Crippen LogP contribution in [0.2, 0.25) is 0 Å². The summed E-state index contributed by atoms with van der Waals surface area (Å²) in [5.41, 5.74) is 10.6. The number of nitrogens with two attached hydrogens (primary N) is 1. The third-order valence-electron chi connectivity index (χ3n) is 7.56. The SMILES string of the molecule is Cn1cnnc1C1CCN(c2c(-c3ccc(F)nc3)ccc(/C(C=[NH+]C3CCNCC3)=C/N)c2C#N)CC1. The van der Waals surface area contributed by atoms with Crippen molar-refractivity contribution in [3.8, 4) is 17.2 Å². The molecule has 38 heavy (non-hydrogen) atoms. The normalized spacial score (nSPS) is 17.7. The largest absolute Gasteiger partial charge is 0.404 e. The van der Waals surface area contributed by atoms with Gasteiger partial charge in [-0.05, 0) is 25.0 Å². The zero-order chi connectivity index (χ0) is 26.5. The molecule has 0 bridgehead atoms. The van der Waals surface area contributed by atoms with Crippen LogP contribution in [0, 0.1) is 17.3 Å². The van der Waals surface area contributed by atoms with Gasteiger partial charge in [-0.25, -0.2) is 9.98 Å². The maximum absolute atomic E-state index is 13.6. The first-order valence-electron chi connectivity index (χ1n) is 13.1. The molecule has 0 aliphatic carbocycles. The first-order chi connectivity index (χ1) is 18.6. The summed E-state index contributed by atoms with van der Waals surface area (Å²) in [7, 11) is 1.97. The first kappa shape index (κ1) is 25.5. The van der Waals surface area contributed by atoms with Gasteiger partial charge in [0.15, 0.2) is 12.3 Å². The van der Waals surface area contributed by atoms with E-state index in [0.29, 0.717) is 17.5 Å². The fourth-order valence-corrected chi connectivity index (χ4v) is 5.48. The smallest absolute Gasteiger partial charge is 0.212 e. The number of nitrogens with zero attached hydrogens (tertiary/aromatic N) is 6. The average Bonchev–Trinajstić information content (AvgIpc) is 3.39. The lowest BCUT2D eigenvalue weighted by Gasteiger charge is -2.35. The van der Waals surface area contributed by atoms with Gasteiger partial charge in [0.25, 0.3) is 0 Å². The van der Waals surface area contributed by atoms with E-state index in [0.717, 1.165) is 85.6 Å². The monoisotopic (exact) mass is 514 g/mol. The van der Waals surface area contributed by atoms with E-state index in [2.05, 4.69) is 36.5 Å². The molecule has 5 rings (SSSR count). The molecule has 10 heteroatoms. The molecule has 0 spiro atoms. The van der Waals surface area contributed by atoms with Gasteiger partial charge in [0, 0.05) is 81.1 Å². The van der Waals surface area contributed by atoms with Crippen LogP contribution in [-0.4, -0.2) is 58.2 Å². The minimum absolute atomic E-state index is 0.297. The molecular formula is C28H33FN9+. The third kappa shape index (κ3) is 5.29. The first-order valence-corrected chi connectivity index (χ1v) is 13.1. The Kier molecular flexibility index (Phi) is 7.75. The van der Waals surface area contributed by atoms with E-state index >= 15 is 0 Å². The molecule has 196 valence electrons. The number of rotatable bonds is 6. The Morgan fingerprint density at radius 2 is 1.97 bits per heavy atom. The number of pyridine rings is 1. The maximum atomic E-state index is 13.6. The molecular weight excluding hydrogens is 481 g/mol. The number of allylic oxidation sites excluding steroid dienone is 1. The lowest BCUT2D eigenvalue weighted by atomic mass is 9.90. The van der Waals surface area contributed by atoms with Crippen molar-refractivity contribution in [3.63, 3.8) is 0 Å². The standard InChI is InChI=1S/C28H32FN9/c1-37-18-35-36-28(37)19-8-12-38(13-9-19)27-24(20-2-5-26(29)34-16-20)4-3-23(25(27)15-31)21(14-30)17-33-22-6-10-32-11-7-22/h2-5,14,16-19,22,32H,6-13,30H2,1H3/p+1/b21-14+,33-17?. The van der Waals surface area contributed by atoms with E-state index < -0.39 is 5.95 Å². The van der Waals surface area contributed by atoms with Crippen molar-refractivity contribution in [1.82, 2.24) is 25.1 Å².